The summed E-state index contributed by atoms with van der Waals surface area (Å²) in [5.41, 5.74) is -0.814. The SMILES string of the molecule is CC(=O)[C@H]1CC[C@H]2[C@@H]3C[C@H](N(C)C)[C@@]4(O)C[C@@H](O)CC[C@]4(C)[C@H]3CC[C@]12C. The molecule has 154 valence electrons. The Labute approximate surface area is 164 Å². The summed E-state index contributed by atoms with van der Waals surface area (Å²) in [6.45, 7) is 6.48. The number of hydrogen-bond donors (Lipinski definition) is 2. The molecule has 4 nitrogen and oxygen atoms in total. The van der Waals surface area contributed by atoms with Gasteiger partial charge in [0.25, 0.3) is 0 Å². The minimum atomic E-state index is -0.818. The van der Waals surface area contributed by atoms with Crippen molar-refractivity contribution in [1.82, 2.24) is 4.90 Å². The summed E-state index contributed by atoms with van der Waals surface area (Å²) in [7, 11) is 4.17. The zero-order valence-electron chi connectivity index (χ0n) is 17.9. The third-order valence-electron chi connectivity index (χ3n) is 9.95. The number of rotatable bonds is 2. The van der Waals surface area contributed by atoms with Gasteiger partial charge in [-0.1, -0.05) is 13.8 Å². The summed E-state index contributed by atoms with van der Waals surface area (Å²) in [6, 6.07) is 0.0810. The molecule has 4 aliphatic carbocycles. The average Bonchev–Trinajstić information content (AvgIpc) is 2.92. The number of carbonyl (C=O) groups excluding carboxylic acids is 1. The normalized spacial score (nSPS) is 55.0. The molecule has 4 fully saturated rings. The smallest absolute Gasteiger partial charge is 0.133 e. The Bertz CT molecular complexity index is 621. The molecule has 27 heavy (non-hydrogen) atoms. The van der Waals surface area contributed by atoms with Crippen LogP contribution in [0.5, 0.6) is 0 Å². The molecule has 0 heterocycles. The molecule has 0 aromatic rings. The molecule has 0 amide bonds. The van der Waals surface area contributed by atoms with E-state index in [0.717, 1.165) is 38.5 Å². The molecule has 2 N–H and O–H groups in total. The first-order valence-electron chi connectivity index (χ1n) is 11.1. The first kappa shape index (κ1) is 19.8. The van der Waals surface area contributed by atoms with Crippen LogP contribution in [0.1, 0.15) is 72.1 Å². The number of ketones is 1. The van der Waals surface area contributed by atoms with Crippen LogP contribution in [0.25, 0.3) is 0 Å². The number of aliphatic hydroxyl groups is 2. The van der Waals surface area contributed by atoms with Crippen molar-refractivity contribution in [2.75, 3.05) is 14.1 Å². The van der Waals surface area contributed by atoms with Gasteiger partial charge in [0.1, 0.15) is 5.78 Å². The Morgan fingerprint density at radius 2 is 1.74 bits per heavy atom. The Morgan fingerprint density at radius 3 is 2.37 bits per heavy atom. The topological polar surface area (TPSA) is 60.8 Å². The summed E-state index contributed by atoms with van der Waals surface area (Å²) in [5.74, 6) is 2.29. The van der Waals surface area contributed by atoms with Crippen molar-refractivity contribution in [3.05, 3.63) is 0 Å². The molecule has 9 atom stereocenters. The number of likely N-dealkylation sites (N-methyl/N-ethyl adjacent to an activating group) is 1. The van der Waals surface area contributed by atoms with Gasteiger partial charge in [0.2, 0.25) is 0 Å². The van der Waals surface area contributed by atoms with Crippen LogP contribution in [-0.2, 0) is 4.79 Å². The molecule has 0 bridgehead atoms. The van der Waals surface area contributed by atoms with Crippen molar-refractivity contribution in [2.24, 2.45) is 34.5 Å². The monoisotopic (exact) mass is 377 g/mol. The number of fused-ring (bicyclic) bond motifs is 5. The lowest BCUT2D eigenvalue weighted by Gasteiger charge is -2.67. The van der Waals surface area contributed by atoms with Gasteiger partial charge in [0, 0.05) is 23.8 Å². The van der Waals surface area contributed by atoms with Gasteiger partial charge in [-0.05, 0) is 89.1 Å². The highest BCUT2D eigenvalue weighted by molar-refractivity contribution is 5.79. The van der Waals surface area contributed by atoms with Gasteiger partial charge in [0.05, 0.1) is 11.7 Å². The summed E-state index contributed by atoms with van der Waals surface area (Å²) in [6.07, 6.45) is 7.29. The van der Waals surface area contributed by atoms with E-state index in [1.807, 2.05) is 0 Å². The molecular weight excluding hydrogens is 338 g/mol. The van der Waals surface area contributed by atoms with E-state index in [9.17, 15) is 15.0 Å². The summed E-state index contributed by atoms with van der Waals surface area (Å²) < 4.78 is 0. The summed E-state index contributed by atoms with van der Waals surface area (Å²) in [5, 5.41) is 22.4. The van der Waals surface area contributed by atoms with Crippen molar-refractivity contribution in [3.8, 4) is 0 Å². The van der Waals surface area contributed by atoms with Crippen molar-refractivity contribution < 1.29 is 15.0 Å². The molecule has 0 spiro atoms. The first-order chi connectivity index (χ1) is 12.5. The predicted molar refractivity (Wildman–Crippen MR) is 106 cm³/mol. The standard InChI is InChI=1S/C23H39NO3/c1-14(25)17-6-7-18-16-12-20(24(4)5)23(27)13-15(26)8-11-22(23,3)19(16)9-10-21(17,18)2/h15-20,26-27H,6-13H2,1-5H3/t15-,16-,17+,18-,19-,20-,21+,22+,23-/m0/s1. The van der Waals surface area contributed by atoms with E-state index in [0.29, 0.717) is 30.0 Å². The zero-order chi connectivity index (χ0) is 19.8. The molecule has 0 aromatic heterocycles. The summed E-state index contributed by atoms with van der Waals surface area (Å²) in [4.78, 5) is 14.5. The predicted octanol–water partition coefficient (Wildman–Crippen LogP) is 3.25. The third-order valence-corrected chi connectivity index (χ3v) is 9.95. The van der Waals surface area contributed by atoms with Gasteiger partial charge in [-0.25, -0.2) is 0 Å². The second-order valence-corrected chi connectivity index (χ2v) is 11.1. The number of hydrogen-bond acceptors (Lipinski definition) is 4. The molecule has 0 saturated heterocycles. The van der Waals surface area contributed by atoms with Crippen LogP contribution in [0.4, 0.5) is 0 Å². The van der Waals surface area contributed by atoms with Gasteiger partial charge in [0.15, 0.2) is 0 Å². The number of Topliss-reactive ketones (excluding diaryl/α,β-unsaturated/α-hetero) is 1. The highest BCUT2D eigenvalue weighted by Crippen LogP contribution is 2.68. The molecule has 4 rings (SSSR count). The molecular formula is C23H39NO3. The van der Waals surface area contributed by atoms with Gasteiger partial charge >= 0.3 is 0 Å². The highest BCUT2D eigenvalue weighted by atomic mass is 16.3. The van der Waals surface area contributed by atoms with Crippen molar-refractivity contribution in [1.29, 1.82) is 0 Å². The van der Waals surface area contributed by atoms with Gasteiger partial charge in [-0.15, -0.1) is 0 Å². The molecule has 0 radical (unpaired) electrons. The van der Waals surface area contributed by atoms with E-state index in [1.165, 1.54) is 6.42 Å². The summed E-state index contributed by atoms with van der Waals surface area (Å²) >= 11 is 0. The Morgan fingerprint density at radius 1 is 1.04 bits per heavy atom. The molecule has 4 heteroatoms. The van der Waals surface area contributed by atoms with Crippen LogP contribution in [0, 0.1) is 34.5 Å². The van der Waals surface area contributed by atoms with Crippen molar-refractivity contribution in [2.45, 2.75) is 89.9 Å². The van der Waals surface area contributed by atoms with Crippen molar-refractivity contribution in [3.63, 3.8) is 0 Å². The molecule has 0 unspecified atom stereocenters. The van der Waals surface area contributed by atoms with E-state index in [1.54, 1.807) is 6.92 Å². The van der Waals surface area contributed by atoms with Gasteiger partial charge in [-0.3, -0.25) is 4.79 Å². The maximum atomic E-state index is 12.3. The fourth-order valence-corrected chi connectivity index (χ4v) is 8.57. The van der Waals surface area contributed by atoms with E-state index < -0.39 is 5.60 Å². The fourth-order valence-electron chi connectivity index (χ4n) is 8.57. The zero-order valence-corrected chi connectivity index (χ0v) is 17.9. The molecule has 0 aromatic carbocycles. The van der Waals surface area contributed by atoms with Gasteiger partial charge < -0.3 is 15.1 Å². The van der Waals surface area contributed by atoms with Crippen LogP contribution in [-0.4, -0.2) is 52.7 Å². The molecule has 0 aliphatic heterocycles. The molecule has 4 aliphatic rings. The lowest BCUT2D eigenvalue weighted by Crippen LogP contribution is -2.71. The largest absolute Gasteiger partial charge is 0.393 e. The Hall–Kier alpha value is -0.450. The Balaban J connectivity index is 1.74. The van der Waals surface area contributed by atoms with Crippen LogP contribution < -0.4 is 0 Å². The van der Waals surface area contributed by atoms with E-state index in [4.69, 9.17) is 0 Å². The van der Waals surface area contributed by atoms with Crippen LogP contribution in [0.2, 0.25) is 0 Å². The fraction of sp³-hybridized carbons (Fsp3) is 0.957. The average molecular weight is 378 g/mol. The minimum absolute atomic E-state index is 0.0810. The van der Waals surface area contributed by atoms with E-state index >= 15 is 0 Å². The van der Waals surface area contributed by atoms with Crippen LogP contribution in [0.3, 0.4) is 0 Å². The van der Waals surface area contributed by atoms with E-state index in [-0.39, 0.29) is 28.9 Å². The second-order valence-electron chi connectivity index (χ2n) is 11.1. The third kappa shape index (κ3) is 2.55. The molecule has 4 saturated carbocycles. The second kappa shape index (κ2) is 6.27. The Kier molecular flexibility index (Phi) is 4.61. The van der Waals surface area contributed by atoms with Gasteiger partial charge in [-0.2, -0.15) is 0 Å². The highest BCUT2D eigenvalue weighted by Gasteiger charge is 2.67. The number of nitrogens with zero attached hydrogens (tertiary/aromatic N) is 1. The number of carbonyl (C=O) groups is 1. The maximum absolute atomic E-state index is 12.3. The minimum Gasteiger partial charge on any atom is -0.393 e. The quantitative estimate of drug-likeness (QED) is 0.775. The van der Waals surface area contributed by atoms with Crippen LogP contribution in [0.15, 0.2) is 0 Å². The lowest BCUT2D eigenvalue weighted by atomic mass is 9.42. The van der Waals surface area contributed by atoms with Crippen LogP contribution >= 0.6 is 0 Å². The lowest BCUT2D eigenvalue weighted by molar-refractivity contribution is -0.246. The van der Waals surface area contributed by atoms with E-state index in [2.05, 4.69) is 32.8 Å². The number of aliphatic hydroxyl groups excluding tert-OH is 1. The first-order valence-corrected chi connectivity index (χ1v) is 11.1. The maximum Gasteiger partial charge on any atom is 0.133 e. The van der Waals surface area contributed by atoms with Crippen molar-refractivity contribution >= 4 is 5.78 Å².